The highest BCUT2D eigenvalue weighted by Crippen LogP contribution is 1.92. The van der Waals surface area contributed by atoms with Gasteiger partial charge in [0.1, 0.15) is 0 Å². The van der Waals surface area contributed by atoms with Crippen molar-refractivity contribution in [1.29, 1.82) is 0 Å². The summed E-state index contributed by atoms with van der Waals surface area (Å²) in [5, 5.41) is 40.3. The zero-order chi connectivity index (χ0) is 9.56. The van der Waals surface area contributed by atoms with Crippen molar-refractivity contribution in [1.82, 2.24) is 0 Å². The molecular formula is C4H8B2O5S. The normalized spacial score (nSPS) is 8.42. The van der Waals surface area contributed by atoms with Crippen molar-refractivity contribution in [2.24, 2.45) is 0 Å². The average Bonchev–Trinajstić information content (AvgIpc) is 2.34. The lowest BCUT2D eigenvalue weighted by atomic mass is 9.90. The van der Waals surface area contributed by atoms with E-state index in [4.69, 9.17) is 25.1 Å². The van der Waals surface area contributed by atoms with E-state index >= 15 is 0 Å². The monoisotopic (exact) mass is 190 g/mol. The first kappa shape index (κ1) is 11.6. The van der Waals surface area contributed by atoms with Crippen molar-refractivity contribution in [3.05, 3.63) is 17.5 Å². The van der Waals surface area contributed by atoms with E-state index < -0.39 is 14.4 Å². The van der Waals surface area contributed by atoms with Crippen LogP contribution in [0.2, 0.25) is 0 Å². The Morgan fingerprint density at radius 1 is 1.08 bits per heavy atom. The van der Waals surface area contributed by atoms with E-state index in [0.717, 1.165) is 0 Å². The molecule has 0 aromatic carbocycles. The standard InChI is InChI=1S/C4H5BO2S.BH3O3/c6-5(7)4-2-1-3-8-4;2-1(3)4/h1-3,6-7H;2-4H. The molecule has 0 fully saturated rings. The topological polar surface area (TPSA) is 101 Å². The minimum atomic E-state index is -2.17. The first-order valence-electron chi connectivity index (χ1n) is 2.97. The molecule has 8 heteroatoms. The summed E-state index contributed by atoms with van der Waals surface area (Å²) in [5.41, 5.74) is 0. The Balaban J connectivity index is 0.000000261. The fraction of sp³-hybridized carbons (Fsp3) is 0. The highest BCUT2D eigenvalue weighted by molar-refractivity contribution is 7.20. The molecule has 1 heterocycles. The van der Waals surface area contributed by atoms with E-state index in [1.54, 1.807) is 17.5 Å². The second-order valence-corrected chi connectivity index (χ2v) is 2.71. The Morgan fingerprint density at radius 3 is 1.75 bits per heavy atom. The van der Waals surface area contributed by atoms with Gasteiger partial charge in [-0.3, -0.25) is 0 Å². The summed E-state index contributed by atoms with van der Waals surface area (Å²) in [5.74, 6) is 0. The first-order chi connectivity index (χ1) is 5.54. The second-order valence-electron chi connectivity index (χ2n) is 1.74. The van der Waals surface area contributed by atoms with Crippen LogP contribution < -0.4 is 4.78 Å². The van der Waals surface area contributed by atoms with Gasteiger partial charge >= 0.3 is 14.4 Å². The molecule has 0 aliphatic carbocycles. The van der Waals surface area contributed by atoms with Crippen molar-refractivity contribution in [2.75, 3.05) is 0 Å². The molecule has 0 bridgehead atoms. The third-order valence-corrected chi connectivity index (χ3v) is 1.71. The maximum absolute atomic E-state index is 8.48. The first-order valence-corrected chi connectivity index (χ1v) is 3.85. The molecule has 0 amide bonds. The van der Waals surface area contributed by atoms with Crippen LogP contribution in [0, 0.1) is 0 Å². The molecule has 1 aromatic rings. The molecule has 0 aliphatic rings. The van der Waals surface area contributed by atoms with Gasteiger partial charge in [-0.1, -0.05) is 12.1 Å². The summed E-state index contributed by atoms with van der Waals surface area (Å²) >= 11 is 1.33. The quantitative estimate of drug-likeness (QED) is 0.312. The predicted molar refractivity (Wildman–Crippen MR) is 46.6 cm³/mol. The van der Waals surface area contributed by atoms with Crippen LogP contribution in [-0.4, -0.2) is 39.6 Å². The molecule has 0 radical (unpaired) electrons. The van der Waals surface area contributed by atoms with E-state index in [1.165, 1.54) is 11.3 Å². The maximum Gasteiger partial charge on any atom is 0.631 e. The van der Waals surface area contributed by atoms with Crippen LogP contribution in [0.1, 0.15) is 0 Å². The Labute approximate surface area is 73.9 Å². The van der Waals surface area contributed by atoms with Crippen LogP contribution in [0.15, 0.2) is 17.5 Å². The van der Waals surface area contributed by atoms with Crippen molar-refractivity contribution in [2.45, 2.75) is 0 Å². The second kappa shape index (κ2) is 6.18. The number of thiophene rings is 1. The van der Waals surface area contributed by atoms with E-state index in [1.807, 2.05) is 0 Å². The third kappa shape index (κ3) is 6.35. The van der Waals surface area contributed by atoms with Crippen LogP contribution >= 0.6 is 11.3 Å². The SMILES string of the molecule is OB(O)O.OB(O)c1cccs1. The lowest BCUT2D eigenvalue weighted by Crippen LogP contribution is -2.26. The Morgan fingerprint density at radius 2 is 1.58 bits per heavy atom. The largest absolute Gasteiger partial charge is 0.631 e. The summed E-state index contributed by atoms with van der Waals surface area (Å²) in [6.07, 6.45) is 0. The Kier molecular flexibility index (Phi) is 5.99. The van der Waals surface area contributed by atoms with Crippen LogP contribution in [-0.2, 0) is 0 Å². The lowest BCUT2D eigenvalue weighted by Gasteiger charge is -1.87. The molecule has 0 atom stereocenters. The summed E-state index contributed by atoms with van der Waals surface area (Å²) in [7, 11) is -3.46. The maximum atomic E-state index is 8.48. The molecule has 0 saturated carbocycles. The van der Waals surface area contributed by atoms with Gasteiger partial charge in [0.15, 0.2) is 0 Å². The van der Waals surface area contributed by atoms with E-state index in [9.17, 15) is 0 Å². The predicted octanol–water partition coefficient (Wildman–Crippen LogP) is -2.62. The van der Waals surface area contributed by atoms with Crippen molar-refractivity contribution < 1.29 is 25.1 Å². The smallest absolute Gasteiger partial charge is 0.423 e. The molecule has 5 nitrogen and oxygen atoms in total. The van der Waals surface area contributed by atoms with Crippen LogP contribution in [0.4, 0.5) is 0 Å². The molecule has 5 N–H and O–H groups in total. The molecular weight excluding hydrogens is 182 g/mol. The van der Waals surface area contributed by atoms with Gasteiger partial charge in [-0.25, -0.2) is 0 Å². The van der Waals surface area contributed by atoms with Gasteiger partial charge in [-0.15, -0.1) is 0 Å². The van der Waals surface area contributed by atoms with E-state index in [-0.39, 0.29) is 0 Å². The molecule has 1 aromatic heterocycles. The van der Waals surface area contributed by atoms with Gasteiger partial charge in [0.05, 0.1) is 0 Å². The van der Waals surface area contributed by atoms with Gasteiger partial charge in [0.2, 0.25) is 0 Å². The number of rotatable bonds is 1. The summed E-state index contributed by atoms with van der Waals surface area (Å²) in [4.78, 5) is 0. The summed E-state index contributed by atoms with van der Waals surface area (Å²) in [6, 6.07) is 3.45. The minimum Gasteiger partial charge on any atom is -0.423 e. The van der Waals surface area contributed by atoms with Crippen LogP contribution in [0.25, 0.3) is 0 Å². The average molecular weight is 190 g/mol. The van der Waals surface area contributed by atoms with Gasteiger partial charge in [-0.05, 0) is 5.38 Å². The fourth-order valence-corrected chi connectivity index (χ4v) is 1.03. The number of hydrogen-bond donors (Lipinski definition) is 5. The summed E-state index contributed by atoms with van der Waals surface area (Å²) < 4.78 is 0.588. The molecule has 66 valence electrons. The van der Waals surface area contributed by atoms with Crippen molar-refractivity contribution >= 4 is 30.6 Å². The van der Waals surface area contributed by atoms with Crippen LogP contribution in [0.3, 0.4) is 0 Å². The third-order valence-electron chi connectivity index (χ3n) is 0.798. The van der Waals surface area contributed by atoms with E-state index in [0.29, 0.717) is 4.78 Å². The summed E-state index contributed by atoms with van der Waals surface area (Å²) in [6.45, 7) is 0. The van der Waals surface area contributed by atoms with Crippen LogP contribution in [0.5, 0.6) is 0 Å². The van der Waals surface area contributed by atoms with Crippen molar-refractivity contribution in [3.8, 4) is 0 Å². The Hall–Kier alpha value is -0.370. The van der Waals surface area contributed by atoms with Crippen molar-refractivity contribution in [3.63, 3.8) is 0 Å². The zero-order valence-electron chi connectivity index (χ0n) is 6.03. The lowest BCUT2D eigenvalue weighted by molar-refractivity contribution is 0.278. The zero-order valence-corrected chi connectivity index (χ0v) is 6.85. The molecule has 1 rings (SSSR count). The molecule has 12 heavy (non-hydrogen) atoms. The highest BCUT2D eigenvalue weighted by Gasteiger charge is 2.09. The Bertz CT molecular complexity index is 187. The molecule has 0 spiro atoms. The molecule has 0 saturated heterocycles. The van der Waals surface area contributed by atoms with Gasteiger partial charge < -0.3 is 25.1 Å². The fourth-order valence-electron chi connectivity index (χ4n) is 0.438. The minimum absolute atomic E-state index is 0.588. The van der Waals surface area contributed by atoms with Gasteiger partial charge in [0, 0.05) is 4.78 Å². The van der Waals surface area contributed by atoms with Gasteiger partial charge in [0.25, 0.3) is 0 Å². The molecule has 0 aliphatic heterocycles. The van der Waals surface area contributed by atoms with E-state index in [2.05, 4.69) is 0 Å². The molecule has 0 unspecified atom stereocenters. The highest BCUT2D eigenvalue weighted by atomic mass is 32.1. The number of hydrogen-bond acceptors (Lipinski definition) is 6. The van der Waals surface area contributed by atoms with Gasteiger partial charge in [-0.2, -0.15) is 11.3 Å².